The number of carbonyl (C=O) groups is 1. The first-order chi connectivity index (χ1) is 13.6. The van der Waals surface area contributed by atoms with E-state index in [-0.39, 0.29) is 12.3 Å². The number of aromatic nitrogens is 1. The second-order valence-corrected chi connectivity index (χ2v) is 7.98. The summed E-state index contributed by atoms with van der Waals surface area (Å²) >= 11 is 5.01. The zero-order chi connectivity index (χ0) is 19.9. The molecule has 0 spiro atoms. The van der Waals surface area contributed by atoms with Gasteiger partial charge in [-0.2, -0.15) is 5.26 Å². The maximum Gasteiger partial charge on any atom is 0.229 e. The predicted octanol–water partition coefficient (Wildman–Crippen LogP) is 5.20. The van der Waals surface area contributed by atoms with Gasteiger partial charge in [0.1, 0.15) is 5.01 Å². The summed E-state index contributed by atoms with van der Waals surface area (Å²) in [6.07, 6.45) is 1.96. The van der Waals surface area contributed by atoms with Crippen molar-refractivity contribution in [3.8, 4) is 16.6 Å². The average molecular weight is 452 g/mol. The van der Waals surface area contributed by atoms with E-state index in [0.717, 1.165) is 26.3 Å². The molecule has 0 saturated heterocycles. The van der Waals surface area contributed by atoms with E-state index in [9.17, 15) is 4.79 Å². The second kappa shape index (κ2) is 9.45. The number of hydrogen-bond acceptors (Lipinski definition) is 4. The average Bonchev–Trinajstić information content (AvgIpc) is 3.16. The third-order valence-corrected chi connectivity index (χ3v) is 5.55. The van der Waals surface area contributed by atoms with Crippen molar-refractivity contribution < 1.29 is 4.79 Å². The summed E-state index contributed by atoms with van der Waals surface area (Å²) in [5.41, 5.74) is 3.37. The van der Waals surface area contributed by atoms with Gasteiger partial charge in [0.25, 0.3) is 0 Å². The van der Waals surface area contributed by atoms with Gasteiger partial charge in [-0.05, 0) is 29.8 Å². The monoisotopic (exact) mass is 451 g/mol. The van der Waals surface area contributed by atoms with E-state index in [1.165, 1.54) is 11.3 Å². The van der Waals surface area contributed by atoms with Crippen LogP contribution >= 0.6 is 27.3 Å². The summed E-state index contributed by atoms with van der Waals surface area (Å²) in [6.45, 7) is 4.69. The highest BCUT2D eigenvalue weighted by atomic mass is 79.9. The number of thiazole rings is 1. The number of amides is 1. The number of halogens is 1. The molecule has 1 amide bonds. The Morgan fingerprint density at radius 2 is 2.07 bits per heavy atom. The molecule has 140 valence electrons. The van der Waals surface area contributed by atoms with Crippen LogP contribution in [0.4, 0.5) is 0 Å². The molecular weight excluding hydrogens is 434 g/mol. The molecule has 3 rings (SSSR count). The van der Waals surface area contributed by atoms with Gasteiger partial charge in [-0.15, -0.1) is 17.9 Å². The lowest BCUT2D eigenvalue weighted by Crippen LogP contribution is -2.32. The van der Waals surface area contributed by atoms with Crippen molar-refractivity contribution in [3.63, 3.8) is 0 Å². The summed E-state index contributed by atoms with van der Waals surface area (Å²) in [4.78, 5) is 19.2. The molecule has 0 aliphatic heterocycles. The summed E-state index contributed by atoms with van der Waals surface area (Å²) in [6, 6.07) is 17.3. The van der Waals surface area contributed by atoms with Crippen LogP contribution in [0.5, 0.6) is 0 Å². The van der Waals surface area contributed by atoms with E-state index >= 15 is 0 Å². The fourth-order valence-corrected chi connectivity index (χ4v) is 3.94. The van der Waals surface area contributed by atoms with Crippen LogP contribution in [0, 0.1) is 11.3 Å². The van der Waals surface area contributed by atoms with Crippen LogP contribution in [0.15, 0.2) is 71.0 Å². The normalized spacial score (nSPS) is 10.3. The van der Waals surface area contributed by atoms with Crippen molar-refractivity contribution in [2.24, 2.45) is 0 Å². The highest BCUT2D eigenvalue weighted by Crippen LogP contribution is 2.26. The molecule has 0 atom stereocenters. The third kappa shape index (κ3) is 5.16. The lowest BCUT2D eigenvalue weighted by molar-refractivity contribution is -0.130. The van der Waals surface area contributed by atoms with Crippen LogP contribution in [0.1, 0.15) is 16.8 Å². The standard InChI is InChI=1S/C22H18BrN3OS/c1-2-10-26(14-17-8-6-16(13-24)7-9-17)21(27)12-20-15-28-22(25-20)18-4-3-5-19(23)11-18/h2-9,11,15H,1,10,12,14H2. The molecule has 2 aromatic carbocycles. The first-order valence-electron chi connectivity index (χ1n) is 8.67. The molecule has 0 fully saturated rings. The van der Waals surface area contributed by atoms with Gasteiger partial charge in [0.15, 0.2) is 0 Å². The highest BCUT2D eigenvalue weighted by Gasteiger charge is 2.16. The Labute approximate surface area is 176 Å². The lowest BCUT2D eigenvalue weighted by atomic mass is 10.1. The van der Waals surface area contributed by atoms with Crippen molar-refractivity contribution in [1.82, 2.24) is 9.88 Å². The molecular formula is C22H18BrN3OS. The molecule has 0 N–H and O–H groups in total. The van der Waals surface area contributed by atoms with Crippen LogP contribution in [0.2, 0.25) is 0 Å². The molecule has 0 aliphatic carbocycles. The SMILES string of the molecule is C=CCN(Cc1ccc(C#N)cc1)C(=O)Cc1csc(-c2cccc(Br)c2)n1. The fourth-order valence-electron chi connectivity index (χ4n) is 2.72. The third-order valence-electron chi connectivity index (χ3n) is 4.11. The first kappa shape index (κ1) is 20.0. The molecule has 28 heavy (non-hydrogen) atoms. The quantitative estimate of drug-likeness (QED) is 0.463. The van der Waals surface area contributed by atoms with Gasteiger partial charge in [0.2, 0.25) is 5.91 Å². The Balaban J connectivity index is 1.70. The molecule has 4 nitrogen and oxygen atoms in total. The summed E-state index contributed by atoms with van der Waals surface area (Å²) in [5.74, 6) is -0.00430. The molecule has 3 aromatic rings. The van der Waals surface area contributed by atoms with E-state index < -0.39 is 0 Å². The Kier molecular flexibility index (Phi) is 6.75. The molecule has 6 heteroatoms. The smallest absolute Gasteiger partial charge is 0.229 e. The Hall–Kier alpha value is -2.75. The van der Waals surface area contributed by atoms with Crippen molar-refractivity contribution in [2.75, 3.05) is 6.54 Å². The predicted molar refractivity (Wildman–Crippen MR) is 116 cm³/mol. The maximum atomic E-state index is 12.8. The molecule has 1 aromatic heterocycles. The highest BCUT2D eigenvalue weighted by molar-refractivity contribution is 9.10. The van der Waals surface area contributed by atoms with Crippen LogP contribution in [0.25, 0.3) is 10.6 Å². The van der Waals surface area contributed by atoms with Gasteiger partial charge < -0.3 is 4.90 Å². The Morgan fingerprint density at radius 3 is 2.75 bits per heavy atom. The molecule has 0 bridgehead atoms. The van der Waals surface area contributed by atoms with Crippen molar-refractivity contribution in [1.29, 1.82) is 5.26 Å². The van der Waals surface area contributed by atoms with Gasteiger partial charge in [-0.25, -0.2) is 4.98 Å². The van der Waals surface area contributed by atoms with Crippen LogP contribution in [-0.2, 0) is 17.8 Å². The van der Waals surface area contributed by atoms with Gasteiger partial charge in [-0.3, -0.25) is 4.79 Å². The van der Waals surface area contributed by atoms with Crippen molar-refractivity contribution >= 4 is 33.2 Å². The van der Waals surface area contributed by atoms with Crippen molar-refractivity contribution in [3.05, 3.63) is 87.9 Å². The van der Waals surface area contributed by atoms with E-state index in [4.69, 9.17) is 5.26 Å². The molecule has 0 aliphatic rings. The minimum absolute atomic E-state index is 0.00430. The Bertz CT molecular complexity index is 1020. The van der Waals surface area contributed by atoms with Gasteiger partial charge in [-0.1, -0.05) is 46.3 Å². The van der Waals surface area contributed by atoms with E-state index in [2.05, 4.69) is 33.6 Å². The fraction of sp³-hybridized carbons (Fsp3) is 0.136. The zero-order valence-corrected chi connectivity index (χ0v) is 17.5. The second-order valence-electron chi connectivity index (χ2n) is 6.20. The summed E-state index contributed by atoms with van der Waals surface area (Å²) in [5, 5.41) is 11.7. The number of benzene rings is 2. The topological polar surface area (TPSA) is 57.0 Å². The van der Waals surface area contributed by atoms with E-state index in [0.29, 0.717) is 18.7 Å². The first-order valence-corrected chi connectivity index (χ1v) is 10.3. The minimum Gasteiger partial charge on any atom is -0.334 e. The van der Waals surface area contributed by atoms with Crippen LogP contribution in [0.3, 0.4) is 0 Å². The van der Waals surface area contributed by atoms with Crippen molar-refractivity contribution in [2.45, 2.75) is 13.0 Å². The van der Waals surface area contributed by atoms with Gasteiger partial charge in [0.05, 0.1) is 23.7 Å². The number of carbonyl (C=O) groups excluding carboxylic acids is 1. The summed E-state index contributed by atoms with van der Waals surface area (Å²) in [7, 11) is 0. The molecule has 0 saturated carbocycles. The van der Waals surface area contributed by atoms with Gasteiger partial charge >= 0.3 is 0 Å². The number of rotatable bonds is 7. The molecule has 1 heterocycles. The largest absolute Gasteiger partial charge is 0.334 e. The van der Waals surface area contributed by atoms with Crippen LogP contribution < -0.4 is 0 Å². The molecule has 0 unspecified atom stereocenters. The summed E-state index contributed by atoms with van der Waals surface area (Å²) < 4.78 is 0.998. The van der Waals surface area contributed by atoms with E-state index in [1.54, 1.807) is 23.1 Å². The number of nitriles is 1. The minimum atomic E-state index is -0.00430. The van der Waals surface area contributed by atoms with E-state index in [1.807, 2.05) is 41.8 Å². The van der Waals surface area contributed by atoms with Gasteiger partial charge in [0, 0.05) is 28.5 Å². The maximum absolute atomic E-state index is 12.8. The van der Waals surface area contributed by atoms with Crippen LogP contribution in [-0.4, -0.2) is 22.3 Å². The molecule has 0 radical (unpaired) electrons. The number of hydrogen-bond donors (Lipinski definition) is 0. The lowest BCUT2D eigenvalue weighted by Gasteiger charge is -2.21. The Morgan fingerprint density at radius 1 is 1.29 bits per heavy atom. The number of nitrogens with zero attached hydrogens (tertiary/aromatic N) is 3. The zero-order valence-electron chi connectivity index (χ0n) is 15.1.